The number of rotatable bonds is 7. The van der Waals surface area contributed by atoms with Crippen LogP contribution in [0.1, 0.15) is 26.7 Å². The van der Waals surface area contributed by atoms with Gasteiger partial charge in [-0.15, -0.1) is 6.58 Å². The summed E-state index contributed by atoms with van der Waals surface area (Å²) in [6.45, 7) is 8.45. The zero-order chi connectivity index (χ0) is 12.6. The molecule has 0 aromatic heterocycles. The summed E-state index contributed by atoms with van der Waals surface area (Å²) in [6.07, 6.45) is 2.39. The van der Waals surface area contributed by atoms with Crippen LogP contribution in [-0.4, -0.2) is 37.0 Å². The summed E-state index contributed by atoms with van der Waals surface area (Å²) in [5.74, 6) is 0.0724. The fourth-order valence-corrected chi connectivity index (χ4v) is 1.28. The molecule has 0 saturated carbocycles. The highest BCUT2D eigenvalue weighted by molar-refractivity contribution is 5.77. The zero-order valence-electron chi connectivity index (χ0n) is 10.4. The molecule has 92 valence electrons. The van der Waals surface area contributed by atoms with Crippen LogP contribution in [0.5, 0.6) is 0 Å². The molecule has 1 amide bonds. The zero-order valence-corrected chi connectivity index (χ0v) is 10.4. The molecule has 0 heterocycles. The third-order valence-electron chi connectivity index (χ3n) is 2.10. The molecule has 16 heavy (non-hydrogen) atoms. The van der Waals surface area contributed by atoms with Gasteiger partial charge >= 0.3 is 5.97 Å². The van der Waals surface area contributed by atoms with Gasteiger partial charge in [0.1, 0.15) is 0 Å². The SMILES string of the molecule is C=CCN(CCC(=O)OC)C(=O)CC(C)C. The van der Waals surface area contributed by atoms with Crippen molar-refractivity contribution in [1.29, 1.82) is 0 Å². The first-order valence-corrected chi connectivity index (χ1v) is 5.46. The molecule has 0 fully saturated rings. The topological polar surface area (TPSA) is 46.6 Å². The van der Waals surface area contributed by atoms with E-state index in [0.29, 0.717) is 25.4 Å². The van der Waals surface area contributed by atoms with E-state index in [9.17, 15) is 9.59 Å². The quantitative estimate of drug-likeness (QED) is 0.490. The Hall–Kier alpha value is -1.32. The maximum atomic E-state index is 11.8. The van der Waals surface area contributed by atoms with E-state index in [2.05, 4.69) is 11.3 Å². The second-order valence-electron chi connectivity index (χ2n) is 4.05. The third kappa shape index (κ3) is 6.22. The van der Waals surface area contributed by atoms with Crippen LogP contribution in [0, 0.1) is 5.92 Å². The van der Waals surface area contributed by atoms with Gasteiger partial charge in [-0.3, -0.25) is 9.59 Å². The summed E-state index contributed by atoms with van der Waals surface area (Å²) in [6, 6.07) is 0. The minimum Gasteiger partial charge on any atom is -0.469 e. The van der Waals surface area contributed by atoms with E-state index in [-0.39, 0.29) is 18.3 Å². The molecule has 4 nitrogen and oxygen atoms in total. The highest BCUT2D eigenvalue weighted by Gasteiger charge is 2.14. The Morgan fingerprint density at radius 1 is 1.44 bits per heavy atom. The van der Waals surface area contributed by atoms with Crippen molar-refractivity contribution >= 4 is 11.9 Å². The average Bonchev–Trinajstić information content (AvgIpc) is 2.22. The molecule has 0 aromatic rings. The summed E-state index contributed by atoms with van der Waals surface area (Å²) in [5.41, 5.74) is 0. The highest BCUT2D eigenvalue weighted by Crippen LogP contribution is 2.05. The standard InChI is InChI=1S/C12H21NO3/c1-5-7-13(8-6-12(15)16-4)11(14)9-10(2)3/h5,10H,1,6-9H2,2-4H3. The van der Waals surface area contributed by atoms with Crippen LogP contribution in [0.15, 0.2) is 12.7 Å². The number of amides is 1. The molecule has 0 aliphatic heterocycles. The fraction of sp³-hybridized carbons (Fsp3) is 0.667. The normalized spacial score (nSPS) is 10.0. The van der Waals surface area contributed by atoms with Crippen molar-refractivity contribution in [2.75, 3.05) is 20.2 Å². The van der Waals surface area contributed by atoms with Crippen molar-refractivity contribution in [3.05, 3.63) is 12.7 Å². The van der Waals surface area contributed by atoms with Crippen LogP contribution in [0.25, 0.3) is 0 Å². The van der Waals surface area contributed by atoms with E-state index < -0.39 is 0 Å². The summed E-state index contributed by atoms with van der Waals surface area (Å²) < 4.78 is 4.54. The molecule has 0 unspecified atom stereocenters. The van der Waals surface area contributed by atoms with Gasteiger partial charge in [0, 0.05) is 19.5 Å². The predicted molar refractivity (Wildman–Crippen MR) is 62.9 cm³/mol. The Balaban J connectivity index is 4.19. The van der Waals surface area contributed by atoms with Crippen LogP contribution in [0.2, 0.25) is 0 Å². The van der Waals surface area contributed by atoms with Crippen LogP contribution >= 0.6 is 0 Å². The van der Waals surface area contributed by atoms with E-state index >= 15 is 0 Å². The molecule has 0 aliphatic carbocycles. The number of ether oxygens (including phenoxy) is 1. The van der Waals surface area contributed by atoms with Crippen molar-refractivity contribution in [2.45, 2.75) is 26.7 Å². The Labute approximate surface area is 97.3 Å². The van der Waals surface area contributed by atoms with Gasteiger partial charge in [0.15, 0.2) is 0 Å². The van der Waals surface area contributed by atoms with E-state index in [1.54, 1.807) is 11.0 Å². The summed E-state index contributed by atoms with van der Waals surface area (Å²) >= 11 is 0. The number of methoxy groups -OCH3 is 1. The van der Waals surface area contributed by atoms with Crippen LogP contribution in [0.4, 0.5) is 0 Å². The van der Waals surface area contributed by atoms with Gasteiger partial charge in [0.05, 0.1) is 13.5 Å². The highest BCUT2D eigenvalue weighted by atomic mass is 16.5. The van der Waals surface area contributed by atoms with Gasteiger partial charge in [-0.25, -0.2) is 0 Å². The van der Waals surface area contributed by atoms with Gasteiger partial charge in [-0.05, 0) is 5.92 Å². The Bertz CT molecular complexity index is 249. The number of hydrogen-bond donors (Lipinski definition) is 0. The lowest BCUT2D eigenvalue weighted by molar-refractivity contribution is -0.141. The fourth-order valence-electron chi connectivity index (χ4n) is 1.28. The smallest absolute Gasteiger partial charge is 0.307 e. The lowest BCUT2D eigenvalue weighted by Crippen LogP contribution is -2.34. The second kappa shape index (κ2) is 7.91. The molecule has 0 rings (SSSR count). The molecule has 0 aromatic carbocycles. The maximum Gasteiger partial charge on any atom is 0.307 e. The first-order valence-electron chi connectivity index (χ1n) is 5.46. The Kier molecular flexibility index (Phi) is 7.25. The van der Waals surface area contributed by atoms with Crippen LogP contribution in [0.3, 0.4) is 0 Å². The molecular formula is C12H21NO3. The minimum atomic E-state index is -0.300. The van der Waals surface area contributed by atoms with Crippen molar-refractivity contribution in [2.24, 2.45) is 5.92 Å². The van der Waals surface area contributed by atoms with Crippen molar-refractivity contribution in [1.82, 2.24) is 4.90 Å². The number of esters is 1. The number of hydrogen-bond acceptors (Lipinski definition) is 3. The minimum absolute atomic E-state index is 0.0544. The lowest BCUT2D eigenvalue weighted by atomic mass is 10.1. The first kappa shape index (κ1) is 14.7. The van der Waals surface area contributed by atoms with Gasteiger partial charge in [0.2, 0.25) is 5.91 Å². The molecular weight excluding hydrogens is 206 g/mol. The lowest BCUT2D eigenvalue weighted by Gasteiger charge is -2.21. The first-order chi connectivity index (χ1) is 7.51. The van der Waals surface area contributed by atoms with Crippen molar-refractivity contribution in [3.63, 3.8) is 0 Å². The Morgan fingerprint density at radius 2 is 2.06 bits per heavy atom. The third-order valence-corrected chi connectivity index (χ3v) is 2.10. The predicted octanol–water partition coefficient (Wildman–Crippen LogP) is 1.61. The number of carbonyl (C=O) groups excluding carboxylic acids is 2. The van der Waals surface area contributed by atoms with Crippen LogP contribution in [-0.2, 0) is 14.3 Å². The summed E-state index contributed by atoms with van der Waals surface area (Å²) in [7, 11) is 1.34. The molecule has 0 bridgehead atoms. The molecule has 0 N–H and O–H groups in total. The largest absolute Gasteiger partial charge is 0.469 e. The van der Waals surface area contributed by atoms with Crippen molar-refractivity contribution < 1.29 is 14.3 Å². The molecule has 0 atom stereocenters. The van der Waals surface area contributed by atoms with Gasteiger partial charge in [-0.1, -0.05) is 19.9 Å². The second-order valence-corrected chi connectivity index (χ2v) is 4.05. The van der Waals surface area contributed by atoms with Gasteiger partial charge in [0.25, 0.3) is 0 Å². The number of nitrogens with zero attached hydrogens (tertiary/aromatic N) is 1. The Morgan fingerprint density at radius 3 is 2.50 bits per heavy atom. The van der Waals surface area contributed by atoms with E-state index in [0.717, 1.165) is 0 Å². The van der Waals surface area contributed by atoms with Crippen molar-refractivity contribution in [3.8, 4) is 0 Å². The molecule has 0 radical (unpaired) electrons. The van der Waals surface area contributed by atoms with Crippen LogP contribution < -0.4 is 0 Å². The van der Waals surface area contributed by atoms with E-state index in [4.69, 9.17) is 0 Å². The van der Waals surface area contributed by atoms with Gasteiger partial charge in [-0.2, -0.15) is 0 Å². The summed E-state index contributed by atoms with van der Waals surface area (Å²) in [4.78, 5) is 24.4. The average molecular weight is 227 g/mol. The van der Waals surface area contributed by atoms with E-state index in [1.165, 1.54) is 7.11 Å². The monoisotopic (exact) mass is 227 g/mol. The number of carbonyl (C=O) groups is 2. The summed E-state index contributed by atoms with van der Waals surface area (Å²) in [5, 5.41) is 0. The van der Waals surface area contributed by atoms with Gasteiger partial charge < -0.3 is 9.64 Å². The molecule has 0 aliphatic rings. The molecule has 0 spiro atoms. The molecule has 0 saturated heterocycles. The van der Waals surface area contributed by atoms with E-state index in [1.807, 2.05) is 13.8 Å². The molecule has 4 heteroatoms. The maximum absolute atomic E-state index is 11.8.